The molecule has 0 unspecified atom stereocenters. The molecule has 0 atom stereocenters. The van der Waals surface area contributed by atoms with Crippen LogP contribution >= 0.6 is 0 Å². The summed E-state index contributed by atoms with van der Waals surface area (Å²) in [4.78, 5) is 20.5. The molecule has 30 heavy (non-hydrogen) atoms. The Morgan fingerprint density at radius 3 is 2.10 bits per heavy atom. The van der Waals surface area contributed by atoms with Crippen molar-refractivity contribution in [3.8, 4) is 17.1 Å². The SMILES string of the molecule is Cc1cnc(-c2ccc(C(=O)Oc3cc(F)c(/C=C/C(F)(F)F)c(F)c3)cc2)nc1. The van der Waals surface area contributed by atoms with Crippen molar-refractivity contribution in [1.82, 2.24) is 9.97 Å². The number of aryl methyl sites for hydroxylation is 1. The van der Waals surface area contributed by atoms with Crippen molar-refractivity contribution in [3.05, 3.63) is 83.2 Å². The molecule has 1 aromatic heterocycles. The molecule has 0 amide bonds. The second-order valence-corrected chi connectivity index (χ2v) is 6.23. The molecule has 0 bridgehead atoms. The summed E-state index contributed by atoms with van der Waals surface area (Å²) in [7, 11) is 0. The lowest BCUT2D eigenvalue weighted by atomic mass is 10.1. The maximum atomic E-state index is 13.9. The first-order valence-corrected chi connectivity index (χ1v) is 8.48. The second kappa shape index (κ2) is 8.40. The van der Waals surface area contributed by atoms with Crippen molar-refractivity contribution in [1.29, 1.82) is 0 Å². The smallest absolute Gasteiger partial charge is 0.409 e. The fourth-order valence-corrected chi connectivity index (χ4v) is 2.42. The molecular formula is C21H13F5N2O2. The van der Waals surface area contributed by atoms with E-state index in [-0.39, 0.29) is 17.7 Å². The molecule has 3 aromatic rings. The summed E-state index contributed by atoms with van der Waals surface area (Å²) in [6.45, 7) is 1.84. The third kappa shape index (κ3) is 5.25. The minimum atomic E-state index is -4.72. The second-order valence-electron chi connectivity index (χ2n) is 6.23. The zero-order valence-electron chi connectivity index (χ0n) is 15.4. The van der Waals surface area contributed by atoms with Crippen molar-refractivity contribution < 1.29 is 31.5 Å². The van der Waals surface area contributed by atoms with Crippen LogP contribution < -0.4 is 4.74 Å². The number of benzene rings is 2. The minimum Gasteiger partial charge on any atom is -0.423 e. The normalized spacial score (nSPS) is 11.7. The topological polar surface area (TPSA) is 52.1 Å². The van der Waals surface area contributed by atoms with E-state index in [0.717, 1.165) is 5.56 Å². The van der Waals surface area contributed by atoms with Crippen molar-refractivity contribution in [2.75, 3.05) is 0 Å². The quantitative estimate of drug-likeness (QED) is 0.317. The van der Waals surface area contributed by atoms with Gasteiger partial charge < -0.3 is 4.74 Å². The largest absolute Gasteiger partial charge is 0.423 e. The van der Waals surface area contributed by atoms with Crippen LogP contribution in [0, 0.1) is 18.6 Å². The van der Waals surface area contributed by atoms with Gasteiger partial charge in [0.1, 0.15) is 17.4 Å². The highest BCUT2D eigenvalue weighted by molar-refractivity contribution is 5.91. The van der Waals surface area contributed by atoms with Gasteiger partial charge in [0.25, 0.3) is 0 Å². The lowest BCUT2D eigenvalue weighted by Crippen LogP contribution is -2.09. The first-order chi connectivity index (χ1) is 14.1. The third-order valence-corrected chi connectivity index (χ3v) is 3.86. The molecule has 154 valence electrons. The zero-order chi connectivity index (χ0) is 21.9. The van der Waals surface area contributed by atoms with Gasteiger partial charge in [0, 0.05) is 41.7 Å². The number of ether oxygens (including phenoxy) is 1. The molecule has 0 aliphatic carbocycles. The number of hydrogen-bond acceptors (Lipinski definition) is 4. The Morgan fingerprint density at radius 2 is 1.57 bits per heavy atom. The number of esters is 1. The lowest BCUT2D eigenvalue weighted by Gasteiger charge is -2.08. The average Bonchev–Trinajstić information content (AvgIpc) is 2.67. The van der Waals surface area contributed by atoms with Crippen molar-refractivity contribution in [2.45, 2.75) is 13.1 Å². The monoisotopic (exact) mass is 420 g/mol. The molecule has 0 saturated heterocycles. The number of aromatic nitrogens is 2. The Balaban J connectivity index is 1.75. The molecular weight excluding hydrogens is 407 g/mol. The van der Waals surface area contributed by atoms with Crippen LogP contribution in [0.15, 0.2) is 54.9 Å². The van der Waals surface area contributed by atoms with Gasteiger partial charge in [0.15, 0.2) is 5.82 Å². The summed E-state index contributed by atoms with van der Waals surface area (Å²) in [6.07, 6.45) is -1.47. The number of carbonyl (C=O) groups excluding carboxylic acids is 1. The summed E-state index contributed by atoms with van der Waals surface area (Å²) >= 11 is 0. The standard InChI is InChI=1S/C21H13F5N2O2/c1-12-10-27-19(28-11-12)13-2-4-14(5-3-13)20(29)30-15-8-17(22)16(18(23)9-15)6-7-21(24,25)26/h2-11H,1H3/b7-6+. The Labute approximate surface area is 167 Å². The molecule has 0 fully saturated rings. The molecule has 3 rings (SSSR count). The number of halogens is 5. The van der Waals surface area contributed by atoms with E-state index >= 15 is 0 Å². The Bertz CT molecular complexity index is 1070. The first kappa shape index (κ1) is 21.1. The van der Waals surface area contributed by atoms with Crippen LogP contribution in [0.5, 0.6) is 5.75 Å². The lowest BCUT2D eigenvalue weighted by molar-refractivity contribution is -0.0790. The van der Waals surface area contributed by atoms with Crippen LogP contribution in [0.2, 0.25) is 0 Å². The maximum absolute atomic E-state index is 13.9. The van der Waals surface area contributed by atoms with Crippen LogP contribution in [-0.4, -0.2) is 22.1 Å². The zero-order valence-corrected chi connectivity index (χ0v) is 15.4. The molecule has 4 nitrogen and oxygen atoms in total. The van der Waals surface area contributed by atoms with Crippen LogP contribution in [0.3, 0.4) is 0 Å². The fraction of sp³-hybridized carbons (Fsp3) is 0.0952. The van der Waals surface area contributed by atoms with E-state index < -0.39 is 35.1 Å². The van der Waals surface area contributed by atoms with Crippen LogP contribution in [0.1, 0.15) is 21.5 Å². The molecule has 0 N–H and O–H groups in total. The molecule has 1 heterocycles. The van der Waals surface area contributed by atoms with Gasteiger partial charge in [-0.05, 0) is 30.7 Å². The van der Waals surface area contributed by atoms with Crippen LogP contribution in [0.4, 0.5) is 22.0 Å². The predicted molar refractivity (Wildman–Crippen MR) is 98.6 cm³/mol. The predicted octanol–water partition coefficient (Wildman–Crippen LogP) is 5.52. The van der Waals surface area contributed by atoms with E-state index in [1.54, 1.807) is 24.5 Å². The van der Waals surface area contributed by atoms with E-state index in [9.17, 15) is 26.7 Å². The van der Waals surface area contributed by atoms with Gasteiger partial charge in [-0.3, -0.25) is 0 Å². The van der Waals surface area contributed by atoms with E-state index in [1.807, 2.05) is 6.92 Å². The highest BCUT2D eigenvalue weighted by atomic mass is 19.4. The molecule has 0 aliphatic heterocycles. The summed E-state index contributed by atoms with van der Waals surface area (Å²) in [5.74, 6) is -3.53. The minimum absolute atomic E-state index is 0.0905. The maximum Gasteiger partial charge on any atom is 0.409 e. The van der Waals surface area contributed by atoms with Gasteiger partial charge in [-0.1, -0.05) is 12.1 Å². The van der Waals surface area contributed by atoms with Gasteiger partial charge in [-0.25, -0.2) is 23.5 Å². The highest BCUT2D eigenvalue weighted by Gasteiger charge is 2.23. The molecule has 0 spiro atoms. The number of rotatable bonds is 4. The summed E-state index contributed by atoms with van der Waals surface area (Å²) < 4.78 is 69.4. The molecule has 0 radical (unpaired) electrons. The van der Waals surface area contributed by atoms with Crippen molar-refractivity contribution >= 4 is 12.0 Å². The number of alkyl halides is 3. The third-order valence-electron chi connectivity index (χ3n) is 3.86. The molecule has 2 aromatic carbocycles. The van der Waals surface area contributed by atoms with Crippen molar-refractivity contribution in [2.24, 2.45) is 0 Å². The van der Waals surface area contributed by atoms with Gasteiger partial charge in [-0.15, -0.1) is 0 Å². The number of carbonyl (C=O) groups is 1. The molecule has 0 saturated carbocycles. The summed E-state index contributed by atoms with van der Waals surface area (Å²) in [6, 6.07) is 7.26. The van der Waals surface area contributed by atoms with Gasteiger partial charge >= 0.3 is 12.1 Å². The van der Waals surface area contributed by atoms with E-state index in [0.29, 0.717) is 23.5 Å². The number of hydrogen-bond donors (Lipinski definition) is 0. The van der Waals surface area contributed by atoms with Gasteiger partial charge in [0.05, 0.1) is 5.56 Å². The molecule has 0 aliphatic rings. The Morgan fingerprint density at radius 1 is 1.00 bits per heavy atom. The van der Waals surface area contributed by atoms with E-state index in [4.69, 9.17) is 4.74 Å². The summed E-state index contributed by atoms with van der Waals surface area (Å²) in [5, 5.41) is 0. The van der Waals surface area contributed by atoms with E-state index in [1.165, 1.54) is 12.1 Å². The first-order valence-electron chi connectivity index (χ1n) is 8.48. The fourth-order valence-electron chi connectivity index (χ4n) is 2.42. The van der Waals surface area contributed by atoms with E-state index in [2.05, 4.69) is 9.97 Å². The molecule has 9 heteroatoms. The summed E-state index contributed by atoms with van der Waals surface area (Å²) in [5.41, 5.74) is 0.727. The van der Waals surface area contributed by atoms with Crippen LogP contribution in [-0.2, 0) is 0 Å². The Kier molecular flexibility index (Phi) is 5.91. The highest BCUT2D eigenvalue weighted by Crippen LogP contribution is 2.25. The van der Waals surface area contributed by atoms with Gasteiger partial charge in [-0.2, -0.15) is 13.2 Å². The number of nitrogens with zero attached hydrogens (tertiary/aromatic N) is 2. The average molecular weight is 420 g/mol. The van der Waals surface area contributed by atoms with Crippen LogP contribution in [0.25, 0.3) is 17.5 Å². The Hall–Kier alpha value is -3.62. The number of allylic oxidation sites excluding steroid dienone is 1. The van der Waals surface area contributed by atoms with Gasteiger partial charge in [0.2, 0.25) is 0 Å². The van der Waals surface area contributed by atoms with Crippen molar-refractivity contribution in [3.63, 3.8) is 0 Å².